The fraction of sp³-hybridized carbons (Fsp3) is 0.438. The smallest absolute Gasteiger partial charge is 0.243 e. The van der Waals surface area contributed by atoms with Crippen LogP contribution in [0.15, 0.2) is 36.4 Å². The first-order chi connectivity index (χ1) is 10.2. The van der Waals surface area contributed by atoms with E-state index >= 15 is 0 Å². The SMILES string of the molecule is O=C(C1C=CCN1)N1CCC(Oc2cccc(Cl)c2)CC1. The van der Waals surface area contributed by atoms with E-state index in [0.717, 1.165) is 38.2 Å². The molecule has 1 aromatic rings. The van der Waals surface area contributed by atoms with Gasteiger partial charge in [0.2, 0.25) is 5.91 Å². The maximum atomic E-state index is 12.3. The van der Waals surface area contributed by atoms with Crippen LogP contribution >= 0.6 is 11.6 Å². The van der Waals surface area contributed by atoms with Gasteiger partial charge in [0, 0.05) is 37.5 Å². The van der Waals surface area contributed by atoms with Gasteiger partial charge in [-0.05, 0) is 18.2 Å². The first kappa shape index (κ1) is 14.4. The molecule has 0 aliphatic carbocycles. The lowest BCUT2D eigenvalue weighted by atomic mass is 10.1. The second kappa shape index (κ2) is 6.50. The molecule has 1 aromatic carbocycles. The molecule has 1 amide bonds. The second-order valence-corrected chi connectivity index (χ2v) is 5.85. The number of nitrogens with zero attached hydrogens (tertiary/aromatic N) is 1. The van der Waals surface area contributed by atoms with Crippen LogP contribution in [0, 0.1) is 0 Å². The van der Waals surface area contributed by atoms with Gasteiger partial charge in [-0.3, -0.25) is 10.1 Å². The number of nitrogens with one attached hydrogen (secondary N) is 1. The highest BCUT2D eigenvalue weighted by atomic mass is 35.5. The maximum Gasteiger partial charge on any atom is 0.243 e. The molecule has 112 valence electrons. The summed E-state index contributed by atoms with van der Waals surface area (Å²) in [5.41, 5.74) is 0. The van der Waals surface area contributed by atoms with Gasteiger partial charge >= 0.3 is 0 Å². The first-order valence-corrected chi connectivity index (χ1v) is 7.71. The Kier molecular flexibility index (Phi) is 4.46. The summed E-state index contributed by atoms with van der Waals surface area (Å²) in [6, 6.07) is 7.31. The first-order valence-electron chi connectivity index (χ1n) is 7.33. The summed E-state index contributed by atoms with van der Waals surface area (Å²) < 4.78 is 5.94. The van der Waals surface area contributed by atoms with E-state index in [0.29, 0.717) is 5.02 Å². The number of ether oxygens (including phenoxy) is 1. The van der Waals surface area contributed by atoms with Gasteiger partial charge in [-0.2, -0.15) is 0 Å². The minimum Gasteiger partial charge on any atom is -0.490 e. The van der Waals surface area contributed by atoms with Gasteiger partial charge < -0.3 is 9.64 Å². The molecule has 1 N–H and O–H groups in total. The Hall–Kier alpha value is -1.52. The second-order valence-electron chi connectivity index (χ2n) is 5.41. The zero-order chi connectivity index (χ0) is 14.7. The lowest BCUT2D eigenvalue weighted by Gasteiger charge is -2.33. The number of benzene rings is 1. The number of halogens is 1. The zero-order valence-electron chi connectivity index (χ0n) is 11.8. The Balaban J connectivity index is 1.51. The number of hydrogen-bond donors (Lipinski definition) is 1. The molecule has 4 nitrogen and oxygen atoms in total. The maximum absolute atomic E-state index is 12.3. The molecule has 0 spiro atoms. The number of likely N-dealkylation sites (tertiary alicyclic amines) is 1. The number of piperidine rings is 1. The Labute approximate surface area is 129 Å². The summed E-state index contributed by atoms with van der Waals surface area (Å²) in [6.07, 6.45) is 5.80. The summed E-state index contributed by atoms with van der Waals surface area (Å²) >= 11 is 5.95. The average molecular weight is 307 g/mol. The van der Waals surface area contributed by atoms with Crippen molar-refractivity contribution in [2.75, 3.05) is 19.6 Å². The van der Waals surface area contributed by atoms with E-state index in [1.165, 1.54) is 0 Å². The van der Waals surface area contributed by atoms with E-state index in [1.54, 1.807) is 0 Å². The van der Waals surface area contributed by atoms with Crippen LogP contribution in [0.3, 0.4) is 0 Å². The summed E-state index contributed by atoms with van der Waals surface area (Å²) in [7, 11) is 0. The molecule has 5 heteroatoms. The fourth-order valence-electron chi connectivity index (χ4n) is 2.76. The van der Waals surface area contributed by atoms with E-state index < -0.39 is 0 Å². The molecule has 1 atom stereocenters. The van der Waals surface area contributed by atoms with Gasteiger partial charge in [-0.1, -0.05) is 29.8 Å². The topological polar surface area (TPSA) is 41.6 Å². The van der Waals surface area contributed by atoms with Gasteiger partial charge in [0.05, 0.1) is 0 Å². The van der Waals surface area contributed by atoms with Gasteiger partial charge in [0.1, 0.15) is 17.9 Å². The van der Waals surface area contributed by atoms with Gasteiger partial charge in [0.15, 0.2) is 0 Å². The van der Waals surface area contributed by atoms with E-state index in [1.807, 2.05) is 41.3 Å². The molecule has 0 aromatic heterocycles. The lowest BCUT2D eigenvalue weighted by Crippen LogP contribution is -2.48. The predicted octanol–water partition coefficient (Wildman–Crippen LogP) is 2.24. The highest BCUT2D eigenvalue weighted by Gasteiger charge is 2.28. The summed E-state index contributed by atoms with van der Waals surface area (Å²) in [6.45, 7) is 2.27. The van der Waals surface area contributed by atoms with Crippen molar-refractivity contribution in [1.29, 1.82) is 0 Å². The summed E-state index contributed by atoms with van der Waals surface area (Å²) in [5.74, 6) is 0.970. The van der Waals surface area contributed by atoms with Crippen LogP contribution in [-0.4, -0.2) is 42.6 Å². The number of carbonyl (C=O) groups excluding carboxylic acids is 1. The monoisotopic (exact) mass is 306 g/mol. The Bertz CT molecular complexity index is 539. The molecule has 1 saturated heterocycles. The summed E-state index contributed by atoms with van der Waals surface area (Å²) in [5, 5.41) is 3.84. The number of hydrogen-bond acceptors (Lipinski definition) is 3. The zero-order valence-corrected chi connectivity index (χ0v) is 12.6. The van der Waals surface area contributed by atoms with E-state index in [9.17, 15) is 4.79 Å². The lowest BCUT2D eigenvalue weighted by molar-refractivity contribution is -0.133. The van der Waals surface area contributed by atoms with E-state index in [-0.39, 0.29) is 18.1 Å². The number of amides is 1. The molecular formula is C16H19ClN2O2. The van der Waals surface area contributed by atoms with Crippen molar-refractivity contribution in [2.24, 2.45) is 0 Å². The average Bonchev–Trinajstić information content (AvgIpc) is 3.01. The van der Waals surface area contributed by atoms with Crippen molar-refractivity contribution in [3.05, 3.63) is 41.4 Å². The molecule has 21 heavy (non-hydrogen) atoms. The molecule has 0 bridgehead atoms. The molecule has 2 aliphatic heterocycles. The quantitative estimate of drug-likeness (QED) is 0.871. The standard InChI is InChI=1S/C16H19ClN2O2/c17-12-3-1-4-14(11-12)21-13-6-9-19(10-7-13)16(20)15-5-2-8-18-15/h1-5,11,13,15,18H,6-10H2. The predicted molar refractivity (Wildman–Crippen MR) is 82.6 cm³/mol. The van der Waals surface area contributed by atoms with Gasteiger partial charge in [-0.25, -0.2) is 0 Å². The molecular weight excluding hydrogens is 288 g/mol. The van der Waals surface area contributed by atoms with Crippen LogP contribution in [-0.2, 0) is 4.79 Å². The van der Waals surface area contributed by atoms with Gasteiger partial charge in [0.25, 0.3) is 0 Å². The Morgan fingerprint density at radius 3 is 2.81 bits per heavy atom. The Morgan fingerprint density at radius 1 is 1.33 bits per heavy atom. The van der Waals surface area contributed by atoms with Crippen LogP contribution in [0.25, 0.3) is 0 Å². The highest BCUT2D eigenvalue weighted by molar-refractivity contribution is 6.30. The van der Waals surface area contributed by atoms with Crippen molar-refractivity contribution in [1.82, 2.24) is 10.2 Å². The largest absolute Gasteiger partial charge is 0.490 e. The minimum atomic E-state index is -0.143. The third kappa shape index (κ3) is 3.57. The normalized spacial score (nSPS) is 22.5. The molecule has 0 radical (unpaired) electrons. The fourth-order valence-corrected chi connectivity index (χ4v) is 2.94. The molecule has 1 unspecified atom stereocenters. The highest BCUT2D eigenvalue weighted by Crippen LogP contribution is 2.22. The minimum absolute atomic E-state index is 0.143. The third-order valence-corrected chi connectivity index (χ3v) is 4.14. The molecule has 2 aliphatic rings. The third-order valence-electron chi connectivity index (χ3n) is 3.90. The summed E-state index contributed by atoms with van der Waals surface area (Å²) in [4.78, 5) is 14.2. The van der Waals surface area contributed by atoms with Crippen LogP contribution in [0.2, 0.25) is 5.02 Å². The number of carbonyl (C=O) groups is 1. The molecule has 0 saturated carbocycles. The van der Waals surface area contributed by atoms with Crippen molar-refractivity contribution in [3.63, 3.8) is 0 Å². The van der Waals surface area contributed by atoms with Crippen molar-refractivity contribution < 1.29 is 9.53 Å². The van der Waals surface area contributed by atoms with Crippen LogP contribution < -0.4 is 10.1 Å². The Morgan fingerprint density at radius 2 is 2.14 bits per heavy atom. The van der Waals surface area contributed by atoms with Crippen LogP contribution in [0.5, 0.6) is 5.75 Å². The molecule has 3 rings (SSSR count). The molecule has 1 fully saturated rings. The van der Waals surface area contributed by atoms with Crippen molar-refractivity contribution in [2.45, 2.75) is 25.0 Å². The van der Waals surface area contributed by atoms with Crippen LogP contribution in [0.1, 0.15) is 12.8 Å². The molecule has 2 heterocycles. The van der Waals surface area contributed by atoms with Crippen molar-refractivity contribution >= 4 is 17.5 Å². The van der Waals surface area contributed by atoms with E-state index in [4.69, 9.17) is 16.3 Å². The van der Waals surface area contributed by atoms with E-state index in [2.05, 4.69) is 5.32 Å². The van der Waals surface area contributed by atoms with Crippen molar-refractivity contribution in [3.8, 4) is 5.75 Å². The van der Waals surface area contributed by atoms with Gasteiger partial charge in [-0.15, -0.1) is 0 Å². The van der Waals surface area contributed by atoms with Crippen LogP contribution in [0.4, 0.5) is 0 Å². The number of rotatable bonds is 3.